The Morgan fingerprint density at radius 1 is 0.448 bits per heavy atom. The van der Waals surface area contributed by atoms with Crippen LogP contribution in [0.2, 0.25) is 0 Å². The van der Waals surface area contributed by atoms with E-state index in [1.807, 2.05) is 24.3 Å². The average Bonchev–Trinajstić information content (AvgIpc) is 2.77. The highest BCUT2D eigenvalue weighted by molar-refractivity contribution is 7.76. The van der Waals surface area contributed by atoms with E-state index in [-0.39, 0.29) is 0 Å². The summed E-state index contributed by atoms with van der Waals surface area (Å²) in [5.74, 6) is 0. The number of hydrogen-bond acceptors (Lipinski definition) is 3. The third-order valence-electron chi connectivity index (χ3n) is 4.81. The van der Waals surface area contributed by atoms with Crippen molar-refractivity contribution in [3.05, 3.63) is 121 Å². The van der Waals surface area contributed by atoms with E-state index in [1.165, 1.54) is 0 Å². The minimum Gasteiger partial charge on any atom is -0.181 e. The number of hydrogen-bond donors (Lipinski definition) is 1. The quantitative estimate of drug-likeness (QED) is 0.354. The zero-order valence-corrected chi connectivity index (χ0v) is 17.4. The van der Waals surface area contributed by atoms with Gasteiger partial charge in [-0.15, -0.1) is 0 Å². The van der Waals surface area contributed by atoms with Crippen LogP contribution in [-0.2, 0) is 0 Å². The van der Waals surface area contributed by atoms with Crippen molar-refractivity contribution in [3.8, 4) is 0 Å². The standard InChI is InChI=1S/C25H25N3P/c1-29(26,27(22-14-6-2-7-15-22)23-16-8-3-9-17-23)28(24-18-10-4-11-19-24)25-20-12-5-13-21-25/h2-21H,26H2,1H3/q+1. The fourth-order valence-corrected chi connectivity index (χ4v) is 6.18. The average molecular weight is 398 g/mol. The molecule has 0 saturated heterocycles. The van der Waals surface area contributed by atoms with Crippen LogP contribution in [-0.4, -0.2) is 6.66 Å². The Kier molecular flexibility index (Phi) is 5.62. The number of nitrogens with zero attached hydrogens (tertiary/aromatic N) is 2. The summed E-state index contributed by atoms with van der Waals surface area (Å²) in [5.41, 5.74) is 11.6. The van der Waals surface area contributed by atoms with E-state index >= 15 is 0 Å². The first kappa shape index (κ1) is 19.2. The van der Waals surface area contributed by atoms with Crippen LogP contribution in [0.3, 0.4) is 0 Å². The summed E-state index contributed by atoms with van der Waals surface area (Å²) in [6, 6.07) is 41.5. The maximum absolute atomic E-state index is 7.30. The van der Waals surface area contributed by atoms with Crippen molar-refractivity contribution >= 4 is 30.5 Å². The second kappa shape index (κ2) is 8.48. The molecule has 144 valence electrons. The molecule has 0 bridgehead atoms. The van der Waals surface area contributed by atoms with Gasteiger partial charge in [-0.2, -0.15) is 14.8 Å². The first-order valence-electron chi connectivity index (χ1n) is 9.64. The van der Waals surface area contributed by atoms with Gasteiger partial charge in [-0.1, -0.05) is 72.8 Å². The molecule has 0 radical (unpaired) electrons. The zero-order chi connectivity index (χ0) is 20.1. The fraction of sp³-hybridized carbons (Fsp3) is 0.0400. The number of nitrogens with two attached hydrogens (primary N) is 1. The Bertz CT molecular complexity index is 859. The van der Waals surface area contributed by atoms with Crippen LogP contribution in [0.15, 0.2) is 121 Å². The fourth-order valence-electron chi connectivity index (χ4n) is 3.60. The molecule has 4 rings (SSSR count). The van der Waals surface area contributed by atoms with Crippen LogP contribution in [0.5, 0.6) is 0 Å². The Balaban J connectivity index is 1.91. The molecule has 29 heavy (non-hydrogen) atoms. The van der Waals surface area contributed by atoms with Gasteiger partial charge in [0.15, 0.2) is 0 Å². The van der Waals surface area contributed by atoms with E-state index in [1.54, 1.807) is 0 Å². The van der Waals surface area contributed by atoms with Gasteiger partial charge in [0.25, 0.3) is 7.71 Å². The molecule has 0 aliphatic carbocycles. The van der Waals surface area contributed by atoms with Crippen molar-refractivity contribution in [2.24, 2.45) is 5.50 Å². The molecule has 0 aromatic heterocycles. The highest BCUT2D eigenvalue weighted by atomic mass is 31.2. The number of benzene rings is 4. The molecule has 0 spiro atoms. The summed E-state index contributed by atoms with van der Waals surface area (Å²) in [6.07, 6.45) is 0. The van der Waals surface area contributed by atoms with Gasteiger partial charge in [0.05, 0.1) is 22.7 Å². The lowest BCUT2D eigenvalue weighted by Crippen LogP contribution is -2.35. The van der Waals surface area contributed by atoms with E-state index < -0.39 is 7.71 Å². The zero-order valence-electron chi connectivity index (χ0n) is 16.5. The molecule has 0 amide bonds. The van der Waals surface area contributed by atoms with Crippen LogP contribution < -0.4 is 14.8 Å². The molecule has 3 nitrogen and oxygen atoms in total. The van der Waals surface area contributed by atoms with Crippen LogP contribution in [0.4, 0.5) is 22.7 Å². The third kappa shape index (κ3) is 4.02. The minimum atomic E-state index is -2.38. The Morgan fingerprint density at radius 3 is 0.862 bits per heavy atom. The van der Waals surface area contributed by atoms with Crippen molar-refractivity contribution in [2.75, 3.05) is 16.0 Å². The summed E-state index contributed by atoms with van der Waals surface area (Å²) in [5, 5.41) is 0. The smallest absolute Gasteiger partial charge is 0.181 e. The van der Waals surface area contributed by atoms with Crippen molar-refractivity contribution in [1.82, 2.24) is 0 Å². The van der Waals surface area contributed by atoms with Crippen molar-refractivity contribution < 1.29 is 0 Å². The Morgan fingerprint density at radius 2 is 0.655 bits per heavy atom. The highest BCUT2D eigenvalue weighted by Gasteiger charge is 2.45. The van der Waals surface area contributed by atoms with Gasteiger partial charge in [-0.3, -0.25) is 0 Å². The SMILES string of the molecule is C[P+](N)(N(c1ccccc1)c1ccccc1)N(c1ccccc1)c1ccccc1. The summed E-state index contributed by atoms with van der Waals surface area (Å²) >= 11 is 0. The predicted octanol–water partition coefficient (Wildman–Crippen LogP) is 7.01. The van der Waals surface area contributed by atoms with Crippen LogP contribution in [0, 0.1) is 0 Å². The summed E-state index contributed by atoms with van der Waals surface area (Å²) in [4.78, 5) is 0. The summed E-state index contributed by atoms with van der Waals surface area (Å²) < 4.78 is 4.57. The molecule has 0 aliphatic rings. The second-order valence-corrected chi connectivity index (χ2v) is 9.70. The van der Waals surface area contributed by atoms with Crippen molar-refractivity contribution in [2.45, 2.75) is 0 Å². The Hall–Kier alpha value is -3.13. The molecule has 0 heterocycles. The minimum absolute atomic E-state index is 1.08. The topological polar surface area (TPSA) is 32.5 Å². The third-order valence-corrected chi connectivity index (χ3v) is 7.36. The molecular weight excluding hydrogens is 373 g/mol. The maximum atomic E-state index is 7.30. The van der Waals surface area contributed by atoms with Crippen LogP contribution >= 0.6 is 7.71 Å². The molecule has 0 atom stereocenters. The Labute approximate surface area is 173 Å². The number of para-hydroxylation sites is 4. The molecule has 2 N–H and O–H groups in total. The second-order valence-electron chi connectivity index (χ2n) is 6.94. The summed E-state index contributed by atoms with van der Waals surface area (Å²) in [7, 11) is -2.38. The molecule has 0 fully saturated rings. The largest absolute Gasteiger partial charge is 0.273 e. The van der Waals surface area contributed by atoms with Gasteiger partial charge in [0, 0.05) is 0 Å². The first-order chi connectivity index (χ1) is 14.2. The van der Waals surface area contributed by atoms with Crippen molar-refractivity contribution in [3.63, 3.8) is 0 Å². The lowest BCUT2D eigenvalue weighted by Gasteiger charge is -2.39. The highest BCUT2D eigenvalue weighted by Crippen LogP contribution is 2.63. The molecule has 4 aromatic carbocycles. The van der Waals surface area contributed by atoms with Gasteiger partial charge in [-0.25, -0.2) is 0 Å². The van der Waals surface area contributed by atoms with Gasteiger partial charge in [-0.05, 0) is 48.5 Å². The van der Waals surface area contributed by atoms with Gasteiger partial charge < -0.3 is 0 Å². The van der Waals surface area contributed by atoms with E-state index in [9.17, 15) is 0 Å². The molecular formula is C25H25N3P+. The van der Waals surface area contributed by atoms with Crippen molar-refractivity contribution in [1.29, 1.82) is 0 Å². The molecule has 4 aromatic rings. The maximum Gasteiger partial charge on any atom is 0.273 e. The van der Waals surface area contributed by atoms with Gasteiger partial charge in [0.2, 0.25) is 0 Å². The van der Waals surface area contributed by atoms with E-state index in [0.29, 0.717) is 0 Å². The van der Waals surface area contributed by atoms with E-state index in [2.05, 4.69) is 113 Å². The van der Waals surface area contributed by atoms with E-state index in [4.69, 9.17) is 5.50 Å². The van der Waals surface area contributed by atoms with Gasteiger partial charge >= 0.3 is 0 Å². The number of rotatable bonds is 6. The summed E-state index contributed by atoms with van der Waals surface area (Å²) in [6.45, 7) is 2.16. The predicted molar refractivity (Wildman–Crippen MR) is 127 cm³/mol. The number of anilines is 4. The van der Waals surface area contributed by atoms with Crippen LogP contribution in [0.1, 0.15) is 0 Å². The van der Waals surface area contributed by atoms with Gasteiger partial charge in [0.1, 0.15) is 6.66 Å². The van der Waals surface area contributed by atoms with Crippen LogP contribution in [0.25, 0.3) is 0 Å². The lowest BCUT2D eigenvalue weighted by molar-refractivity contribution is 1.29. The first-order valence-corrected chi connectivity index (χ1v) is 11.9. The van der Waals surface area contributed by atoms with E-state index in [0.717, 1.165) is 22.7 Å². The normalized spacial score (nSPS) is 11.1. The molecule has 0 aliphatic heterocycles. The molecule has 0 unspecified atom stereocenters. The molecule has 4 heteroatoms. The molecule has 0 saturated carbocycles. The lowest BCUT2D eigenvalue weighted by atomic mass is 10.3. The monoisotopic (exact) mass is 398 g/mol.